The van der Waals surface area contributed by atoms with Crippen LogP contribution < -0.4 is 9.47 Å². The summed E-state index contributed by atoms with van der Waals surface area (Å²) in [6, 6.07) is 12.6. The Kier molecular flexibility index (Phi) is 4.43. The molecule has 2 aromatic carbocycles. The molecule has 4 heteroatoms. The highest BCUT2D eigenvalue weighted by atomic mass is 79.9. The Balaban J connectivity index is 2.27. The first-order valence-electron chi connectivity index (χ1n) is 5.77. The van der Waals surface area contributed by atoms with E-state index in [1.165, 1.54) is 13.2 Å². The number of benzene rings is 2. The lowest BCUT2D eigenvalue weighted by Crippen LogP contribution is -1.96. The van der Waals surface area contributed by atoms with Crippen LogP contribution in [0.5, 0.6) is 11.5 Å². The zero-order chi connectivity index (χ0) is 13.8. The van der Waals surface area contributed by atoms with E-state index in [1.807, 2.05) is 30.3 Å². The number of ether oxygens (including phenoxy) is 2. The van der Waals surface area contributed by atoms with Gasteiger partial charge in [-0.15, -0.1) is 0 Å². The van der Waals surface area contributed by atoms with Crippen molar-refractivity contribution in [2.75, 3.05) is 14.2 Å². The average Bonchev–Trinajstić information content (AvgIpc) is 2.46. The van der Waals surface area contributed by atoms with Crippen molar-refractivity contribution in [1.82, 2.24) is 0 Å². The Morgan fingerprint density at radius 1 is 0.947 bits per heavy atom. The Labute approximate surface area is 120 Å². The number of hydrogen-bond acceptors (Lipinski definition) is 2. The van der Waals surface area contributed by atoms with E-state index >= 15 is 0 Å². The van der Waals surface area contributed by atoms with Gasteiger partial charge in [0.05, 0.1) is 19.0 Å². The second-order valence-electron chi connectivity index (χ2n) is 4.03. The summed E-state index contributed by atoms with van der Waals surface area (Å²) in [5.41, 5.74) is 1.87. The molecule has 0 bridgehead atoms. The quantitative estimate of drug-likeness (QED) is 0.779. The lowest BCUT2D eigenvalue weighted by Gasteiger charge is -2.12. The maximum Gasteiger partial charge on any atom is 0.165 e. The number of alkyl halides is 1. The van der Waals surface area contributed by atoms with E-state index < -0.39 is 0 Å². The first-order chi connectivity index (χ1) is 9.15. The summed E-state index contributed by atoms with van der Waals surface area (Å²) in [4.78, 5) is -0.0705. The maximum atomic E-state index is 13.7. The van der Waals surface area contributed by atoms with Gasteiger partial charge in [-0.25, -0.2) is 4.39 Å². The third kappa shape index (κ3) is 3.07. The van der Waals surface area contributed by atoms with Crippen molar-refractivity contribution < 1.29 is 13.9 Å². The van der Waals surface area contributed by atoms with Crippen LogP contribution in [0.15, 0.2) is 42.5 Å². The van der Waals surface area contributed by atoms with Gasteiger partial charge in [0, 0.05) is 0 Å². The van der Waals surface area contributed by atoms with E-state index in [0.29, 0.717) is 0 Å². The van der Waals surface area contributed by atoms with Gasteiger partial charge in [-0.2, -0.15) is 0 Å². The molecule has 0 fully saturated rings. The molecule has 0 heterocycles. The van der Waals surface area contributed by atoms with Gasteiger partial charge in [0.2, 0.25) is 0 Å². The van der Waals surface area contributed by atoms with Crippen LogP contribution in [-0.4, -0.2) is 14.2 Å². The van der Waals surface area contributed by atoms with E-state index in [9.17, 15) is 4.39 Å². The summed E-state index contributed by atoms with van der Waals surface area (Å²) in [5, 5.41) is 0. The summed E-state index contributed by atoms with van der Waals surface area (Å²) < 4.78 is 23.7. The molecule has 0 saturated carbocycles. The van der Waals surface area contributed by atoms with E-state index in [0.717, 1.165) is 16.9 Å². The van der Waals surface area contributed by atoms with Gasteiger partial charge in [0.1, 0.15) is 5.75 Å². The predicted octanol–water partition coefficient (Wildman–Crippen LogP) is 4.33. The van der Waals surface area contributed by atoms with Gasteiger partial charge >= 0.3 is 0 Å². The highest BCUT2D eigenvalue weighted by Crippen LogP contribution is 2.33. The minimum absolute atomic E-state index is 0.0705. The Hall–Kier alpha value is -1.55. The van der Waals surface area contributed by atoms with Crippen LogP contribution in [0.4, 0.5) is 4.39 Å². The lowest BCUT2D eigenvalue weighted by atomic mass is 10.0. The summed E-state index contributed by atoms with van der Waals surface area (Å²) in [5.74, 6) is 0.681. The highest BCUT2D eigenvalue weighted by Gasteiger charge is 2.13. The molecule has 0 aliphatic heterocycles. The molecule has 1 unspecified atom stereocenters. The van der Waals surface area contributed by atoms with Crippen molar-refractivity contribution in [1.29, 1.82) is 0 Å². The molecule has 0 amide bonds. The molecule has 100 valence electrons. The van der Waals surface area contributed by atoms with E-state index in [4.69, 9.17) is 9.47 Å². The van der Waals surface area contributed by atoms with Gasteiger partial charge in [-0.3, -0.25) is 0 Å². The van der Waals surface area contributed by atoms with Gasteiger partial charge in [-0.1, -0.05) is 34.1 Å². The number of rotatable bonds is 4. The maximum absolute atomic E-state index is 13.7. The first-order valence-corrected chi connectivity index (χ1v) is 6.68. The smallest absolute Gasteiger partial charge is 0.165 e. The largest absolute Gasteiger partial charge is 0.497 e. The van der Waals surface area contributed by atoms with E-state index in [-0.39, 0.29) is 16.4 Å². The predicted molar refractivity (Wildman–Crippen MR) is 76.7 cm³/mol. The Morgan fingerprint density at radius 2 is 1.58 bits per heavy atom. The molecule has 0 spiro atoms. The van der Waals surface area contributed by atoms with Crippen molar-refractivity contribution in [3.63, 3.8) is 0 Å². The second-order valence-corrected chi connectivity index (χ2v) is 4.95. The minimum atomic E-state index is -0.363. The molecule has 1 atom stereocenters. The normalized spacial score (nSPS) is 12.0. The van der Waals surface area contributed by atoms with Crippen molar-refractivity contribution in [2.45, 2.75) is 4.83 Å². The average molecular weight is 325 g/mol. The topological polar surface area (TPSA) is 18.5 Å². The Bertz CT molecular complexity index is 555. The van der Waals surface area contributed by atoms with Crippen molar-refractivity contribution in [3.05, 3.63) is 59.4 Å². The van der Waals surface area contributed by atoms with Crippen LogP contribution in [0.25, 0.3) is 0 Å². The second kappa shape index (κ2) is 6.06. The highest BCUT2D eigenvalue weighted by molar-refractivity contribution is 9.09. The van der Waals surface area contributed by atoms with Gasteiger partial charge in [-0.05, 0) is 35.4 Å². The minimum Gasteiger partial charge on any atom is -0.497 e. The fourth-order valence-electron chi connectivity index (χ4n) is 1.81. The van der Waals surface area contributed by atoms with Crippen molar-refractivity contribution in [2.24, 2.45) is 0 Å². The fraction of sp³-hybridized carbons (Fsp3) is 0.200. The van der Waals surface area contributed by atoms with Crippen molar-refractivity contribution >= 4 is 15.9 Å². The van der Waals surface area contributed by atoms with Gasteiger partial charge in [0.25, 0.3) is 0 Å². The van der Waals surface area contributed by atoms with Gasteiger partial charge in [0.15, 0.2) is 11.6 Å². The summed E-state index contributed by atoms with van der Waals surface area (Å²) >= 11 is 3.57. The molecule has 19 heavy (non-hydrogen) atoms. The lowest BCUT2D eigenvalue weighted by molar-refractivity contribution is 0.386. The van der Waals surface area contributed by atoms with Crippen molar-refractivity contribution in [3.8, 4) is 11.5 Å². The Morgan fingerprint density at radius 3 is 2.11 bits per heavy atom. The van der Waals surface area contributed by atoms with Crippen LogP contribution in [-0.2, 0) is 0 Å². The molecule has 0 aliphatic rings. The first kappa shape index (κ1) is 13.9. The third-order valence-electron chi connectivity index (χ3n) is 2.88. The monoisotopic (exact) mass is 324 g/mol. The van der Waals surface area contributed by atoms with Crippen LogP contribution in [0.1, 0.15) is 16.0 Å². The summed E-state index contributed by atoms with van der Waals surface area (Å²) in [6.45, 7) is 0. The fourth-order valence-corrected chi connectivity index (χ4v) is 2.40. The number of hydrogen-bond donors (Lipinski definition) is 0. The zero-order valence-electron chi connectivity index (χ0n) is 10.7. The molecule has 0 saturated heterocycles. The molecule has 2 rings (SSSR count). The van der Waals surface area contributed by atoms with Crippen LogP contribution in [0, 0.1) is 5.82 Å². The standard InChI is InChI=1S/C15H14BrFO2/c1-18-12-6-3-10(4-7-12)15(16)11-5-8-14(19-2)13(17)9-11/h3-9,15H,1-2H3. The summed E-state index contributed by atoms with van der Waals surface area (Å²) in [6.07, 6.45) is 0. The molecule has 0 aliphatic carbocycles. The molecule has 0 radical (unpaired) electrons. The molecule has 0 N–H and O–H groups in total. The number of methoxy groups -OCH3 is 2. The summed E-state index contributed by atoms with van der Waals surface area (Å²) in [7, 11) is 3.08. The molecular weight excluding hydrogens is 311 g/mol. The molecule has 0 aromatic heterocycles. The van der Waals surface area contributed by atoms with Crippen LogP contribution >= 0.6 is 15.9 Å². The van der Waals surface area contributed by atoms with E-state index in [2.05, 4.69) is 15.9 Å². The van der Waals surface area contributed by atoms with E-state index in [1.54, 1.807) is 13.2 Å². The molecular formula is C15H14BrFO2. The van der Waals surface area contributed by atoms with Crippen LogP contribution in [0.2, 0.25) is 0 Å². The van der Waals surface area contributed by atoms with Crippen LogP contribution in [0.3, 0.4) is 0 Å². The zero-order valence-corrected chi connectivity index (χ0v) is 12.3. The SMILES string of the molecule is COc1ccc(C(Br)c2ccc(OC)c(F)c2)cc1. The number of halogens is 2. The van der Waals surface area contributed by atoms with Gasteiger partial charge < -0.3 is 9.47 Å². The molecule has 2 aromatic rings. The third-order valence-corrected chi connectivity index (χ3v) is 3.93. The molecule has 2 nitrogen and oxygen atoms in total.